The van der Waals surface area contributed by atoms with Crippen molar-refractivity contribution < 1.29 is 15.0 Å². The van der Waals surface area contributed by atoms with E-state index in [1.165, 1.54) is 44.9 Å². The molecular weight excluding hydrogens is 372 g/mol. The second kappa shape index (κ2) is 8.26. The van der Waals surface area contributed by atoms with Crippen molar-refractivity contribution in [3.8, 4) is 0 Å². The van der Waals surface area contributed by atoms with Crippen LogP contribution in [-0.4, -0.2) is 22.3 Å². The monoisotopic (exact) mass is 416 g/mol. The van der Waals surface area contributed by atoms with Crippen LogP contribution in [0.25, 0.3) is 0 Å². The number of aliphatic hydroxyl groups is 1. The zero-order chi connectivity index (χ0) is 21.7. The standard InChI is InChI=1S/C27H44O3/c1-17(6-5-7-18(2)25(29)30)22-10-11-23-21-9-8-19-16-20(28)12-14-26(19,3)24(21)13-15-27(22,23)4/h8,17-18,20-24,28H,5-7,9-16H2,1-4H3,(H,29,30)/t17-,18-,20+,21+,22-,23+,24+,26+,27-/m1/s1. The van der Waals surface area contributed by atoms with Crippen LogP contribution in [0.2, 0.25) is 0 Å². The fraction of sp³-hybridized carbons (Fsp3) is 0.889. The van der Waals surface area contributed by atoms with Gasteiger partial charge in [0.05, 0.1) is 12.0 Å². The Labute approximate surface area is 183 Å². The molecule has 3 fully saturated rings. The van der Waals surface area contributed by atoms with Gasteiger partial charge in [0.2, 0.25) is 0 Å². The lowest BCUT2D eigenvalue weighted by Crippen LogP contribution is -2.50. The lowest BCUT2D eigenvalue weighted by atomic mass is 9.47. The van der Waals surface area contributed by atoms with Crippen molar-refractivity contribution in [2.45, 2.75) is 104 Å². The van der Waals surface area contributed by atoms with Crippen molar-refractivity contribution in [3.05, 3.63) is 11.6 Å². The number of hydrogen-bond donors (Lipinski definition) is 2. The van der Waals surface area contributed by atoms with E-state index in [0.29, 0.717) is 16.7 Å². The van der Waals surface area contributed by atoms with Gasteiger partial charge in [0.15, 0.2) is 0 Å². The molecule has 9 atom stereocenters. The molecule has 0 aromatic carbocycles. The van der Waals surface area contributed by atoms with E-state index in [2.05, 4.69) is 26.8 Å². The summed E-state index contributed by atoms with van der Waals surface area (Å²) >= 11 is 0. The topological polar surface area (TPSA) is 57.5 Å². The highest BCUT2D eigenvalue weighted by atomic mass is 16.4. The number of aliphatic carboxylic acids is 1. The SMILES string of the molecule is C[C@H](CCC[C@@H](C)[C@H]1CC[C@H]2[C@@H]3CC=C4C[C@@H](O)CC[C@]4(C)[C@H]3CC[C@]12C)C(=O)O. The van der Waals surface area contributed by atoms with Crippen LogP contribution in [0.1, 0.15) is 98.3 Å². The Bertz CT molecular complexity index is 684. The molecule has 170 valence electrons. The van der Waals surface area contributed by atoms with E-state index in [1.54, 1.807) is 5.57 Å². The Hall–Kier alpha value is -0.830. The quantitative estimate of drug-likeness (QED) is 0.489. The van der Waals surface area contributed by atoms with Gasteiger partial charge in [0.1, 0.15) is 0 Å². The highest BCUT2D eigenvalue weighted by Crippen LogP contribution is 2.67. The van der Waals surface area contributed by atoms with Crippen LogP contribution in [0.4, 0.5) is 0 Å². The van der Waals surface area contributed by atoms with Crippen LogP contribution >= 0.6 is 0 Å². The molecule has 0 radical (unpaired) electrons. The minimum absolute atomic E-state index is 0.115. The summed E-state index contributed by atoms with van der Waals surface area (Å²) < 4.78 is 0. The van der Waals surface area contributed by atoms with E-state index in [0.717, 1.165) is 49.4 Å². The summed E-state index contributed by atoms with van der Waals surface area (Å²) in [6, 6.07) is 0. The van der Waals surface area contributed by atoms with Gasteiger partial charge in [-0.15, -0.1) is 0 Å². The summed E-state index contributed by atoms with van der Waals surface area (Å²) in [4.78, 5) is 11.1. The Morgan fingerprint density at radius 1 is 1.10 bits per heavy atom. The number of carboxylic acid groups (broad SMARTS) is 1. The second-order valence-corrected chi connectivity index (χ2v) is 12.0. The first-order valence-electron chi connectivity index (χ1n) is 12.8. The van der Waals surface area contributed by atoms with Crippen LogP contribution in [0.5, 0.6) is 0 Å². The third-order valence-corrected chi connectivity index (χ3v) is 10.6. The first kappa shape index (κ1) is 22.4. The van der Waals surface area contributed by atoms with Gasteiger partial charge in [-0.25, -0.2) is 0 Å². The average Bonchev–Trinajstić information content (AvgIpc) is 3.05. The Morgan fingerprint density at radius 2 is 1.87 bits per heavy atom. The van der Waals surface area contributed by atoms with E-state index >= 15 is 0 Å². The summed E-state index contributed by atoms with van der Waals surface area (Å²) in [6.45, 7) is 9.41. The van der Waals surface area contributed by atoms with Gasteiger partial charge in [-0.05, 0) is 98.2 Å². The number of allylic oxidation sites excluding steroid dienone is 1. The first-order chi connectivity index (χ1) is 14.2. The molecule has 0 heterocycles. The normalized spacial score (nSPS) is 45.0. The maximum atomic E-state index is 11.1. The van der Waals surface area contributed by atoms with Crippen molar-refractivity contribution in [2.24, 2.45) is 46.3 Å². The minimum atomic E-state index is -0.651. The van der Waals surface area contributed by atoms with E-state index in [9.17, 15) is 9.90 Å². The fourth-order valence-corrected chi connectivity index (χ4v) is 8.69. The molecule has 4 rings (SSSR count). The zero-order valence-electron chi connectivity index (χ0n) is 19.7. The molecule has 3 saturated carbocycles. The summed E-state index contributed by atoms with van der Waals surface area (Å²) in [5.74, 6) is 3.14. The maximum Gasteiger partial charge on any atom is 0.306 e. The van der Waals surface area contributed by atoms with Gasteiger partial charge in [0, 0.05) is 0 Å². The van der Waals surface area contributed by atoms with E-state index < -0.39 is 5.97 Å². The molecule has 3 nitrogen and oxygen atoms in total. The highest BCUT2D eigenvalue weighted by Gasteiger charge is 2.59. The molecule has 0 bridgehead atoms. The molecule has 0 aromatic rings. The Kier molecular flexibility index (Phi) is 6.16. The molecular formula is C27H44O3. The molecule has 0 unspecified atom stereocenters. The van der Waals surface area contributed by atoms with Crippen LogP contribution in [-0.2, 0) is 4.79 Å². The number of carboxylic acids is 1. The van der Waals surface area contributed by atoms with Crippen molar-refractivity contribution >= 4 is 5.97 Å². The lowest BCUT2D eigenvalue weighted by Gasteiger charge is -2.58. The minimum Gasteiger partial charge on any atom is -0.481 e. The van der Waals surface area contributed by atoms with Crippen LogP contribution < -0.4 is 0 Å². The molecule has 0 saturated heterocycles. The molecule has 0 spiro atoms. The van der Waals surface area contributed by atoms with Crippen LogP contribution in [0, 0.1) is 46.3 Å². The second-order valence-electron chi connectivity index (χ2n) is 12.0. The summed E-state index contributed by atoms with van der Waals surface area (Å²) in [5, 5.41) is 19.4. The third kappa shape index (κ3) is 3.67. The van der Waals surface area contributed by atoms with Crippen molar-refractivity contribution in [3.63, 3.8) is 0 Å². The van der Waals surface area contributed by atoms with Crippen LogP contribution in [0.3, 0.4) is 0 Å². The smallest absolute Gasteiger partial charge is 0.306 e. The molecule has 0 aromatic heterocycles. The van der Waals surface area contributed by atoms with Gasteiger partial charge in [-0.2, -0.15) is 0 Å². The average molecular weight is 417 g/mol. The van der Waals surface area contributed by atoms with Gasteiger partial charge in [0.25, 0.3) is 0 Å². The van der Waals surface area contributed by atoms with Crippen LogP contribution in [0.15, 0.2) is 11.6 Å². The Balaban J connectivity index is 1.44. The number of rotatable bonds is 6. The predicted molar refractivity (Wildman–Crippen MR) is 121 cm³/mol. The van der Waals surface area contributed by atoms with Gasteiger partial charge < -0.3 is 10.2 Å². The number of aliphatic hydroxyl groups excluding tert-OH is 1. The van der Waals surface area contributed by atoms with E-state index in [4.69, 9.17) is 5.11 Å². The summed E-state index contributed by atoms with van der Waals surface area (Å²) in [5.41, 5.74) is 2.37. The summed E-state index contributed by atoms with van der Waals surface area (Å²) in [7, 11) is 0. The number of hydrogen-bond acceptors (Lipinski definition) is 2. The van der Waals surface area contributed by atoms with Crippen molar-refractivity contribution in [1.82, 2.24) is 0 Å². The number of fused-ring (bicyclic) bond motifs is 5. The van der Waals surface area contributed by atoms with Gasteiger partial charge in [-0.3, -0.25) is 4.79 Å². The fourth-order valence-electron chi connectivity index (χ4n) is 8.69. The Morgan fingerprint density at radius 3 is 2.60 bits per heavy atom. The predicted octanol–water partition coefficient (Wildman–Crippen LogP) is 6.45. The maximum absolute atomic E-state index is 11.1. The zero-order valence-corrected chi connectivity index (χ0v) is 19.7. The third-order valence-electron chi connectivity index (χ3n) is 10.6. The molecule has 0 aliphatic heterocycles. The van der Waals surface area contributed by atoms with Gasteiger partial charge in [-0.1, -0.05) is 52.2 Å². The largest absolute Gasteiger partial charge is 0.481 e. The molecule has 4 aliphatic carbocycles. The molecule has 2 N–H and O–H groups in total. The van der Waals surface area contributed by atoms with E-state index in [1.807, 2.05) is 6.92 Å². The van der Waals surface area contributed by atoms with E-state index in [-0.39, 0.29) is 12.0 Å². The molecule has 30 heavy (non-hydrogen) atoms. The highest BCUT2D eigenvalue weighted by molar-refractivity contribution is 5.69. The van der Waals surface area contributed by atoms with Crippen molar-refractivity contribution in [1.29, 1.82) is 0 Å². The molecule has 0 amide bonds. The molecule has 4 aliphatic rings. The number of carbonyl (C=O) groups is 1. The summed E-state index contributed by atoms with van der Waals surface area (Å²) in [6.07, 6.45) is 15.2. The lowest BCUT2D eigenvalue weighted by molar-refractivity contribution is -0.141. The molecule has 3 heteroatoms. The van der Waals surface area contributed by atoms with Crippen molar-refractivity contribution in [2.75, 3.05) is 0 Å². The van der Waals surface area contributed by atoms with Gasteiger partial charge >= 0.3 is 5.97 Å². The first-order valence-corrected chi connectivity index (χ1v) is 12.8.